The molecule has 2 atom stereocenters. The maximum Gasteiger partial charge on any atom is 0.0764 e. The van der Waals surface area contributed by atoms with E-state index in [0.29, 0.717) is 10.9 Å². The number of alkyl halides is 1. The zero-order valence-electron chi connectivity index (χ0n) is 11.8. The largest absolute Gasteiger partial charge is 0.383 e. The summed E-state index contributed by atoms with van der Waals surface area (Å²) in [6, 6.07) is 2.57. The minimum atomic E-state index is 0.365. The number of ether oxygens (including phenoxy) is 1. The van der Waals surface area contributed by atoms with E-state index in [9.17, 15) is 0 Å². The standard InChI is InChI=1S/C13H24BrN3O/c1-5-11(2)17-7-6-13(15-17)9-16(3)8-12(14)10-18-4/h6-7,11-12H,5,8-10H2,1-4H3. The second-order valence-corrected chi connectivity index (χ2v) is 6.09. The first-order chi connectivity index (χ1) is 8.56. The monoisotopic (exact) mass is 317 g/mol. The molecule has 0 N–H and O–H groups in total. The zero-order valence-corrected chi connectivity index (χ0v) is 13.4. The molecule has 0 aliphatic carbocycles. The lowest BCUT2D eigenvalue weighted by molar-refractivity contribution is 0.184. The smallest absolute Gasteiger partial charge is 0.0764 e. The van der Waals surface area contributed by atoms with Crippen molar-refractivity contribution in [1.82, 2.24) is 14.7 Å². The van der Waals surface area contributed by atoms with Gasteiger partial charge >= 0.3 is 0 Å². The molecular weight excluding hydrogens is 294 g/mol. The second kappa shape index (κ2) is 7.92. The number of nitrogens with zero attached hydrogens (tertiary/aromatic N) is 3. The molecule has 0 aliphatic heterocycles. The highest BCUT2D eigenvalue weighted by Crippen LogP contribution is 2.11. The van der Waals surface area contributed by atoms with E-state index in [4.69, 9.17) is 4.74 Å². The van der Waals surface area contributed by atoms with Crippen molar-refractivity contribution in [2.24, 2.45) is 0 Å². The average molecular weight is 318 g/mol. The molecule has 0 aromatic carbocycles. The number of halogens is 1. The van der Waals surface area contributed by atoms with Crippen LogP contribution >= 0.6 is 15.9 Å². The summed E-state index contributed by atoms with van der Waals surface area (Å²) in [5.41, 5.74) is 1.12. The first kappa shape index (κ1) is 15.7. The van der Waals surface area contributed by atoms with E-state index in [0.717, 1.165) is 31.8 Å². The molecule has 0 fully saturated rings. The predicted octanol–water partition coefficient (Wildman–Crippen LogP) is 2.70. The Morgan fingerprint density at radius 1 is 1.56 bits per heavy atom. The van der Waals surface area contributed by atoms with Crippen LogP contribution in [0.5, 0.6) is 0 Å². The van der Waals surface area contributed by atoms with E-state index in [2.05, 4.69) is 59.1 Å². The lowest BCUT2D eigenvalue weighted by atomic mass is 10.3. The van der Waals surface area contributed by atoms with E-state index < -0.39 is 0 Å². The number of hydrogen-bond acceptors (Lipinski definition) is 3. The molecule has 0 saturated carbocycles. The van der Waals surface area contributed by atoms with E-state index >= 15 is 0 Å². The fourth-order valence-electron chi connectivity index (χ4n) is 1.81. The van der Waals surface area contributed by atoms with Crippen molar-refractivity contribution in [2.45, 2.75) is 37.7 Å². The Labute approximate surface area is 118 Å². The van der Waals surface area contributed by atoms with Gasteiger partial charge in [0.25, 0.3) is 0 Å². The summed E-state index contributed by atoms with van der Waals surface area (Å²) in [5, 5.41) is 4.60. The third kappa shape index (κ3) is 5.08. The quantitative estimate of drug-likeness (QED) is 0.691. The van der Waals surface area contributed by atoms with Crippen LogP contribution in [0.1, 0.15) is 32.0 Å². The van der Waals surface area contributed by atoms with Crippen molar-refractivity contribution in [3.8, 4) is 0 Å². The minimum Gasteiger partial charge on any atom is -0.383 e. The van der Waals surface area contributed by atoms with Gasteiger partial charge in [0, 0.05) is 32.4 Å². The Morgan fingerprint density at radius 2 is 2.28 bits per heavy atom. The summed E-state index contributed by atoms with van der Waals surface area (Å²) < 4.78 is 7.16. The van der Waals surface area contributed by atoms with Gasteiger partial charge in [0.05, 0.1) is 17.1 Å². The van der Waals surface area contributed by atoms with Crippen LogP contribution in [0.4, 0.5) is 0 Å². The topological polar surface area (TPSA) is 30.3 Å². The molecule has 4 nitrogen and oxygen atoms in total. The van der Waals surface area contributed by atoms with E-state index in [1.807, 2.05) is 4.68 Å². The summed E-state index contributed by atoms with van der Waals surface area (Å²) in [6.45, 7) is 6.91. The van der Waals surface area contributed by atoms with Gasteiger partial charge in [-0.05, 0) is 26.5 Å². The fraction of sp³-hybridized carbons (Fsp3) is 0.769. The number of hydrogen-bond donors (Lipinski definition) is 0. The highest BCUT2D eigenvalue weighted by Gasteiger charge is 2.10. The lowest BCUT2D eigenvalue weighted by Crippen LogP contribution is -2.28. The molecule has 0 spiro atoms. The highest BCUT2D eigenvalue weighted by atomic mass is 79.9. The number of aromatic nitrogens is 2. The van der Waals surface area contributed by atoms with Crippen LogP contribution in [0.3, 0.4) is 0 Å². The van der Waals surface area contributed by atoms with Gasteiger partial charge in [-0.25, -0.2) is 0 Å². The highest BCUT2D eigenvalue weighted by molar-refractivity contribution is 9.09. The maximum atomic E-state index is 5.11. The molecule has 104 valence electrons. The fourth-order valence-corrected chi connectivity index (χ4v) is 2.57. The molecule has 5 heteroatoms. The molecule has 0 saturated heterocycles. The van der Waals surface area contributed by atoms with Crippen molar-refractivity contribution < 1.29 is 4.74 Å². The van der Waals surface area contributed by atoms with Crippen LogP contribution in [-0.4, -0.2) is 46.8 Å². The summed E-state index contributed by atoms with van der Waals surface area (Å²) in [7, 11) is 3.83. The third-order valence-corrected chi connectivity index (χ3v) is 3.55. The first-order valence-corrected chi connectivity index (χ1v) is 7.34. The van der Waals surface area contributed by atoms with Gasteiger partial charge in [0.1, 0.15) is 0 Å². The van der Waals surface area contributed by atoms with Crippen molar-refractivity contribution in [3.63, 3.8) is 0 Å². The Morgan fingerprint density at radius 3 is 2.89 bits per heavy atom. The second-order valence-electron chi connectivity index (χ2n) is 4.79. The van der Waals surface area contributed by atoms with Crippen molar-refractivity contribution in [1.29, 1.82) is 0 Å². The van der Waals surface area contributed by atoms with Gasteiger partial charge in [-0.1, -0.05) is 22.9 Å². The Kier molecular flexibility index (Phi) is 6.89. The maximum absolute atomic E-state index is 5.11. The van der Waals surface area contributed by atoms with E-state index in [1.54, 1.807) is 7.11 Å². The zero-order chi connectivity index (χ0) is 13.5. The summed E-state index contributed by atoms with van der Waals surface area (Å²) in [6.07, 6.45) is 3.17. The van der Waals surface area contributed by atoms with Crippen molar-refractivity contribution >= 4 is 15.9 Å². The van der Waals surface area contributed by atoms with Gasteiger partial charge in [-0.3, -0.25) is 9.58 Å². The number of rotatable bonds is 8. The van der Waals surface area contributed by atoms with E-state index in [1.165, 1.54) is 0 Å². The molecule has 0 aliphatic rings. The first-order valence-electron chi connectivity index (χ1n) is 6.42. The molecule has 1 rings (SSSR count). The molecule has 18 heavy (non-hydrogen) atoms. The van der Waals surface area contributed by atoms with Gasteiger partial charge in [0.2, 0.25) is 0 Å². The van der Waals surface area contributed by atoms with Gasteiger partial charge in [-0.15, -0.1) is 0 Å². The molecule has 1 aromatic rings. The van der Waals surface area contributed by atoms with Crippen LogP contribution in [0, 0.1) is 0 Å². The molecule has 0 bridgehead atoms. The minimum absolute atomic E-state index is 0.365. The van der Waals surface area contributed by atoms with Crippen LogP contribution in [0.15, 0.2) is 12.3 Å². The van der Waals surface area contributed by atoms with Crippen LogP contribution in [0.2, 0.25) is 0 Å². The SMILES string of the molecule is CCC(C)n1ccc(CN(C)CC(Br)COC)n1. The molecule has 1 heterocycles. The summed E-state index contributed by atoms with van der Waals surface area (Å²) >= 11 is 3.60. The predicted molar refractivity (Wildman–Crippen MR) is 78.2 cm³/mol. The van der Waals surface area contributed by atoms with Gasteiger partial charge in [-0.2, -0.15) is 5.10 Å². The van der Waals surface area contributed by atoms with Crippen LogP contribution in [0.25, 0.3) is 0 Å². The van der Waals surface area contributed by atoms with Crippen molar-refractivity contribution in [3.05, 3.63) is 18.0 Å². The Balaban J connectivity index is 2.44. The molecular formula is C13H24BrN3O. The summed E-state index contributed by atoms with van der Waals surface area (Å²) in [5.74, 6) is 0. The van der Waals surface area contributed by atoms with Gasteiger partial charge < -0.3 is 4.74 Å². The summed E-state index contributed by atoms with van der Waals surface area (Å²) in [4.78, 5) is 2.62. The Hall–Kier alpha value is -0.390. The molecule has 0 radical (unpaired) electrons. The Bertz CT molecular complexity index is 343. The van der Waals surface area contributed by atoms with Crippen LogP contribution < -0.4 is 0 Å². The van der Waals surface area contributed by atoms with Crippen molar-refractivity contribution in [2.75, 3.05) is 27.3 Å². The van der Waals surface area contributed by atoms with Gasteiger partial charge in [0.15, 0.2) is 0 Å². The van der Waals surface area contributed by atoms with Crippen LogP contribution in [-0.2, 0) is 11.3 Å². The third-order valence-electron chi connectivity index (χ3n) is 3.00. The molecule has 2 unspecified atom stereocenters. The molecule has 0 amide bonds. The lowest BCUT2D eigenvalue weighted by Gasteiger charge is -2.18. The normalized spacial score (nSPS) is 15.0. The molecule has 1 aromatic heterocycles. The number of methoxy groups -OCH3 is 1. The average Bonchev–Trinajstić information content (AvgIpc) is 2.76. The van der Waals surface area contributed by atoms with E-state index in [-0.39, 0.29) is 0 Å².